The number of hydrogen-bond acceptors (Lipinski definition) is 5. The molecule has 2 aromatic carbocycles. The van der Waals surface area contributed by atoms with Crippen LogP contribution in [0.2, 0.25) is 0 Å². The monoisotopic (exact) mass is 385 g/mol. The van der Waals surface area contributed by atoms with Gasteiger partial charge in [0.05, 0.1) is 7.05 Å². The third-order valence-corrected chi connectivity index (χ3v) is 5.15. The van der Waals surface area contributed by atoms with Gasteiger partial charge in [-0.1, -0.05) is 18.2 Å². The Kier molecular flexibility index (Phi) is 5.25. The Morgan fingerprint density at radius 3 is 2.71 bits per heavy atom. The summed E-state index contributed by atoms with van der Waals surface area (Å²) >= 11 is 0. The highest BCUT2D eigenvalue weighted by Crippen LogP contribution is 2.32. The number of carbonyl (C=O) groups is 1. The number of likely N-dealkylation sites (N-methyl/N-ethyl adjacent to an activating group) is 1. The molecule has 2 N–H and O–H groups in total. The van der Waals surface area contributed by atoms with Gasteiger partial charge in [-0.25, -0.2) is 0 Å². The normalized spacial score (nSPS) is 19.0. The number of fused-ring (bicyclic) bond motifs is 2. The fraction of sp³-hybridized carbons (Fsp3) is 0.381. The number of benzene rings is 2. The number of amides is 1. The van der Waals surface area contributed by atoms with Gasteiger partial charge < -0.3 is 29.2 Å². The highest BCUT2D eigenvalue weighted by atomic mass is 16.7. The number of para-hydroxylation sites is 2. The average Bonchev–Trinajstić information content (AvgIpc) is 3.19. The molecular weight excluding hydrogens is 360 g/mol. The van der Waals surface area contributed by atoms with Crippen molar-refractivity contribution in [1.82, 2.24) is 5.32 Å². The van der Waals surface area contributed by atoms with E-state index >= 15 is 0 Å². The molecule has 2 aliphatic rings. The molecular formula is C21H25N2O5+. The topological polar surface area (TPSA) is 70.5 Å². The highest BCUT2D eigenvalue weighted by molar-refractivity contribution is 5.79. The van der Waals surface area contributed by atoms with Gasteiger partial charge in [0.1, 0.15) is 13.2 Å². The molecule has 3 atom stereocenters. The number of quaternary nitrogens is 1. The van der Waals surface area contributed by atoms with Gasteiger partial charge in [0.2, 0.25) is 6.79 Å². The Morgan fingerprint density at radius 1 is 1.11 bits per heavy atom. The summed E-state index contributed by atoms with van der Waals surface area (Å²) in [4.78, 5) is 13.6. The van der Waals surface area contributed by atoms with E-state index in [9.17, 15) is 4.79 Å². The predicted octanol–water partition coefficient (Wildman–Crippen LogP) is 0.775. The van der Waals surface area contributed by atoms with E-state index in [-0.39, 0.29) is 24.8 Å². The molecule has 0 aliphatic carbocycles. The van der Waals surface area contributed by atoms with E-state index < -0.39 is 0 Å². The summed E-state index contributed by atoms with van der Waals surface area (Å²) in [5, 5.41) is 3.00. The summed E-state index contributed by atoms with van der Waals surface area (Å²) in [5.74, 6) is 2.98. The maximum atomic E-state index is 12.6. The first kappa shape index (κ1) is 18.4. The smallest absolute Gasteiger partial charge is 0.278 e. The molecule has 2 heterocycles. The lowest BCUT2D eigenvalue weighted by Crippen LogP contribution is -3.15. The van der Waals surface area contributed by atoms with Crippen molar-refractivity contribution in [2.75, 3.05) is 27.0 Å². The van der Waals surface area contributed by atoms with E-state index in [1.807, 2.05) is 56.4 Å². The van der Waals surface area contributed by atoms with Crippen LogP contribution in [0.1, 0.15) is 12.5 Å². The van der Waals surface area contributed by atoms with Gasteiger partial charge in [0, 0.05) is 6.54 Å². The average molecular weight is 385 g/mol. The van der Waals surface area contributed by atoms with Crippen LogP contribution in [-0.4, -0.2) is 45.0 Å². The second-order valence-electron chi connectivity index (χ2n) is 7.18. The van der Waals surface area contributed by atoms with Gasteiger partial charge in [0.25, 0.3) is 5.91 Å². The molecule has 2 aliphatic heterocycles. The molecule has 0 saturated heterocycles. The van der Waals surface area contributed by atoms with Crippen LogP contribution in [0, 0.1) is 0 Å². The minimum atomic E-state index is -0.213. The number of carbonyl (C=O) groups excluding carboxylic acids is 1. The minimum Gasteiger partial charge on any atom is -0.486 e. The zero-order valence-corrected chi connectivity index (χ0v) is 16.1. The molecule has 0 aromatic heterocycles. The molecule has 0 saturated carbocycles. The molecule has 1 unspecified atom stereocenters. The van der Waals surface area contributed by atoms with Gasteiger partial charge in [0.15, 0.2) is 35.1 Å². The van der Waals surface area contributed by atoms with E-state index in [0.29, 0.717) is 19.7 Å². The Hall–Kier alpha value is -2.93. The Labute approximate surface area is 164 Å². The van der Waals surface area contributed by atoms with Crippen molar-refractivity contribution in [2.45, 2.75) is 25.6 Å². The van der Waals surface area contributed by atoms with Crippen LogP contribution in [0.4, 0.5) is 0 Å². The fourth-order valence-corrected chi connectivity index (χ4v) is 3.32. The standard InChI is InChI=1S/C21H24N2O5/c1-14(21(24)22-10-15-7-8-18-20(9-15)27-13-26-18)23(2)11-16-12-25-17-5-3-4-6-19(17)28-16/h3-9,14,16H,10-13H2,1-2H3,(H,22,24)/p+1/t14-,16+/m0/s1. The molecule has 0 fully saturated rings. The van der Waals surface area contributed by atoms with Crippen molar-refractivity contribution >= 4 is 5.91 Å². The second kappa shape index (κ2) is 7.98. The first-order chi connectivity index (χ1) is 13.6. The second-order valence-corrected chi connectivity index (χ2v) is 7.18. The molecule has 0 spiro atoms. The van der Waals surface area contributed by atoms with Crippen LogP contribution in [0.25, 0.3) is 0 Å². The zero-order valence-electron chi connectivity index (χ0n) is 16.1. The summed E-state index contributed by atoms with van der Waals surface area (Å²) in [6, 6.07) is 13.1. The van der Waals surface area contributed by atoms with Crippen LogP contribution < -0.4 is 29.2 Å². The van der Waals surface area contributed by atoms with Gasteiger partial charge in [-0.15, -0.1) is 0 Å². The summed E-state index contributed by atoms with van der Waals surface area (Å²) < 4.78 is 22.4. The minimum absolute atomic E-state index is 0.00713. The molecule has 4 rings (SSSR count). The third kappa shape index (κ3) is 3.99. The van der Waals surface area contributed by atoms with Crippen molar-refractivity contribution in [3.05, 3.63) is 48.0 Å². The van der Waals surface area contributed by atoms with Crippen LogP contribution in [0.5, 0.6) is 23.0 Å². The number of rotatable bonds is 6. The lowest BCUT2D eigenvalue weighted by Gasteiger charge is -2.29. The van der Waals surface area contributed by atoms with Crippen LogP contribution in [0.3, 0.4) is 0 Å². The lowest BCUT2D eigenvalue weighted by atomic mass is 10.2. The number of hydrogen-bond donors (Lipinski definition) is 2. The molecule has 2 aromatic rings. The van der Waals surface area contributed by atoms with Crippen molar-refractivity contribution in [3.63, 3.8) is 0 Å². The fourth-order valence-electron chi connectivity index (χ4n) is 3.32. The molecule has 7 nitrogen and oxygen atoms in total. The van der Waals surface area contributed by atoms with E-state index in [1.165, 1.54) is 0 Å². The third-order valence-electron chi connectivity index (χ3n) is 5.15. The zero-order chi connectivity index (χ0) is 19.5. The van der Waals surface area contributed by atoms with Gasteiger partial charge in [-0.05, 0) is 36.8 Å². The van der Waals surface area contributed by atoms with Crippen molar-refractivity contribution < 1.29 is 28.6 Å². The van der Waals surface area contributed by atoms with E-state index in [0.717, 1.165) is 33.5 Å². The van der Waals surface area contributed by atoms with Crippen LogP contribution >= 0.6 is 0 Å². The van der Waals surface area contributed by atoms with Gasteiger partial charge in [-0.3, -0.25) is 4.79 Å². The van der Waals surface area contributed by atoms with Crippen LogP contribution in [-0.2, 0) is 11.3 Å². The summed E-state index contributed by atoms with van der Waals surface area (Å²) in [6.45, 7) is 3.77. The van der Waals surface area contributed by atoms with Gasteiger partial charge in [-0.2, -0.15) is 0 Å². The molecule has 7 heteroatoms. The number of ether oxygens (including phenoxy) is 4. The first-order valence-electron chi connectivity index (χ1n) is 9.47. The maximum absolute atomic E-state index is 12.6. The molecule has 148 valence electrons. The van der Waals surface area contributed by atoms with E-state index in [2.05, 4.69) is 5.32 Å². The predicted molar refractivity (Wildman–Crippen MR) is 102 cm³/mol. The molecule has 0 bridgehead atoms. The highest BCUT2D eigenvalue weighted by Gasteiger charge is 2.28. The van der Waals surface area contributed by atoms with E-state index in [4.69, 9.17) is 18.9 Å². The SMILES string of the molecule is C[C@@H](C(=O)NCc1ccc2c(c1)OCO2)[NH+](C)C[C@@H]1COc2ccccc2O1. The van der Waals surface area contributed by atoms with Crippen molar-refractivity contribution in [3.8, 4) is 23.0 Å². The van der Waals surface area contributed by atoms with Gasteiger partial charge >= 0.3 is 0 Å². The first-order valence-corrected chi connectivity index (χ1v) is 9.47. The molecule has 28 heavy (non-hydrogen) atoms. The summed E-state index contributed by atoms with van der Waals surface area (Å²) in [5.41, 5.74) is 0.975. The number of nitrogens with one attached hydrogen (secondary N) is 2. The molecule has 0 radical (unpaired) electrons. The Morgan fingerprint density at radius 2 is 1.86 bits per heavy atom. The quantitative estimate of drug-likeness (QED) is 0.769. The maximum Gasteiger partial charge on any atom is 0.278 e. The Balaban J connectivity index is 1.27. The van der Waals surface area contributed by atoms with Crippen molar-refractivity contribution in [1.29, 1.82) is 0 Å². The molecule has 1 amide bonds. The van der Waals surface area contributed by atoms with E-state index in [1.54, 1.807) is 0 Å². The van der Waals surface area contributed by atoms with Crippen LogP contribution in [0.15, 0.2) is 42.5 Å². The van der Waals surface area contributed by atoms with Crippen molar-refractivity contribution in [2.24, 2.45) is 0 Å². The summed E-state index contributed by atoms with van der Waals surface area (Å²) in [6.07, 6.45) is -0.0843. The lowest BCUT2D eigenvalue weighted by molar-refractivity contribution is -0.897. The Bertz CT molecular complexity index is 856. The largest absolute Gasteiger partial charge is 0.486 e. The summed E-state index contributed by atoms with van der Waals surface area (Å²) in [7, 11) is 1.99.